The number of aromatic nitrogens is 1. The molecule has 1 aromatic carbocycles. The summed E-state index contributed by atoms with van der Waals surface area (Å²) in [6.45, 7) is 7.90. The fraction of sp³-hybridized carbons (Fsp3) is 0.381. The summed E-state index contributed by atoms with van der Waals surface area (Å²) in [6.07, 6.45) is 3.38. The highest BCUT2D eigenvalue weighted by molar-refractivity contribution is 6.01. The fourth-order valence-electron chi connectivity index (χ4n) is 3.02. The molecule has 3 rings (SSSR count). The number of benzene rings is 1. The Bertz CT molecular complexity index is 828. The van der Waals surface area contributed by atoms with E-state index in [1.165, 1.54) is 0 Å². The number of anilines is 1. The van der Waals surface area contributed by atoms with E-state index in [0.717, 1.165) is 11.1 Å². The van der Waals surface area contributed by atoms with Crippen molar-refractivity contribution in [1.82, 2.24) is 9.88 Å². The van der Waals surface area contributed by atoms with Crippen LogP contribution in [0.3, 0.4) is 0 Å². The Morgan fingerprint density at radius 1 is 1.19 bits per heavy atom. The second-order valence-corrected chi connectivity index (χ2v) is 7.26. The first-order valence-corrected chi connectivity index (χ1v) is 9.09. The van der Waals surface area contributed by atoms with Crippen molar-refractivity contribution in [2.45, 2.75) is 26.2 Å². The van der Waals surface area contributed by atoms with Gasteiger partial charge in [0.15, 0.2) is 0 Å². The van der Waals surface area contributed by atoms with Crippen molar-refractivity contribution < 1.29 is 14.3 Å². The summed E-state index contributed by atoms with van der Waals surface area (Å²) >= 11 is 0. The lowest BCUT2D eigenvalue weighted by Crippen LogP contribution is -2.41. The topological polar surface area (TPSA) is 71.5 Å². The Kier molecular flexibility index (Phi) is 5.56. The number of rotatable bonds is 4. The molecule has 0 radical (unpaired) electrons. The summed E-state index contributed by atoms with van der Waals surface area (Å²) in [7, 11) is 0. The van der Waals surface area contributed by atoms with E-state index in [-0.39, 0.29) is 11.8 Å². The average molecular weight is 367 g/mol. The maximum Gasteiger partial charge on any atom is 0.254 e. The van der Waals surface area contributed by atoms with E-state index in [1.807, 2.05) is 45.0 Å². The monoisotopic (exact) mass is 367 g/mol. The minimum absolute atomic E-state index is 0.0292. The van der Waals surface area contributed by atoms with Gasteiger partial charge >= 0.3 is 0 Å². The number of hydrogen-bond donors (Lipinski definition) is 1. The Labute approximate surface area is 159 Å². The molecule has 0 atom stereocenters. The molecule has 27 heavy (non-hydrogen) atoms. The van der Waals surface area contributed by atoms with Gasteiger partial charge in [-0.2, -0.15) is 0 Å². The van der Waals surface area contributed by atoms with Gasteiger partial charge in [0, 0.05) is 36.7 Å². The molecule has 0 spiro atoms. The molecule has 0 saturated carbocycles. The molecule has 6 heteroatoms. The SMILES string of the molecule is Cc1ccc(NC(=O)C(C)(C)c2cccnc2)cc1C(=O)N1CCOCC1. The van der Waals surface area contributed by atoms with Crippen LogP contribution in [0.1, 0.15) is 35.3 Å². The molecule has 1 aliphatic rings. The van der Waals surface area contributed by atoms with Crippen molar-refractivity contribution in [3.8, 4) is 0 Å². The smallest absolute Gasteiger partial charge is 0.254 e. The number of nitrogens with zero attached hydrogens (tertiary/aromatic N) is 2. The van der Waals surface area contributed by atoms with Crippen LogP contribution in [0.4, 0.5) is 5.69 Å². The lowest BCUT2D eigenvalue weighted by Gasteiger charge is -2.28. The second kappa shape index (κ2) is 7.88. The number of carbonyl (C=O) groups excluding carboxylic acids is 2. The van der Waals surface area contributed by atoms with Gasteiger partial charge < -0.3 is 15.0 Å². The van der Waals surface area contributed by atoms with E-state index in [2.05, 4.69) is 10.3 Å². The molecule has 1 N–H and O–H groups in total. The summed E-state index contributed by atoms with van der Waals surface area (Å²) in [5.74, 6) is -0.178. The lowest BCUT2D eigenvalue weighted by atomic mass is 9.84. The quantitative estimate of drug-likeness (QED) is 0.902. The Hall–Kier alpha value is -2.73. The summed E-state index contributed by atoms with van der Waals surface area (Å²) in [5, 5.41) is 2.94. The van der Waals surface area contributed by atoms with Crippen molar-refractivity contribution in [2.24, 2.45) is 0 Å². The van der Waals surface area contributed by atoms with Gasteiger partial charge in [-0.15, -0.1) is 0 Å². The summed E-state index contributed by atoms with van der Waals surface area (Å²) in [5.41, 5.74) is 2.19. The van der Waals surface area contributed by atoms with Crippen LogP contribution in [0.2, 0.25) is 0 Å². The van der Waals surface area contributed by atoms with Gasteiger partial charge in [0.1, 0.15) is 0 Å². The zero-order chi connectivity index (χ0) is 19.4. The first kappa shape index (κ1) is 19.0. The maximum atomic E-state index is 12.9. The standard InChI is InChI=1S/C21H25N3O3/c1-15-6-7-17(13-18(15)19(25)24-9-11-27-12-10-24)23-20(26)21(2,3)16-5-4-8-22-14-16/h4-8,13-14H,9-12H2,1-3H3,(H,23,26). The molecular weight excluding hydrogens is 342 g/mol. The highest BCUT2D eigenvalue weighted by Crippen LogP contribution is 2.25. The zero-order valence-electron chi connectivity index (χ0n) is 16.0. The predicted octanol–water partition coefficient (Wildman–Crippen LogP) is 2.78. The third-order valence-corrected chi connectivity index (χ3v) is 4.98. The van der Waals surface area contributed by atoms with Crippen molar-refractivity contribution in [2.75, 3.05) is 31.6 Å². The molecule has 1 fully saturated rings. The molecule has 2 aromatic rings. The number of aryl methyl sites for hydroxylation is 1. The van der Waals surface area contributed by atoms with Crippen LogP contribution in [-0.2, 0) is 14.9 Å². The van der Waals surface area contributed by atoms with Gasteiger partial charge in [0.25, 0.3) is 5.91 Å². The molecule has 6 nitrogen and oxygen atoms in total. The molecule has 1 aliphatic heterocycles. The maximum absolute atomic E-state index is 12.9. The van der Waals surface area contributed by atoms with Crippen LogP contribution in [0.25, 0.3) is 0 Å². The predicted molar refractivity (Wildman–Crippen MR) is 104 cm³/mol. The number of amides is 2. The highest BCUT2D eigenvalue weighted by Gasteiger charge is 2.30. The highest BCUT2D eigenvalue weighted by atomic mass is 16.5. The van der Waals surface area contributed by atoms with Crippen LogP contribution >= 0.6 is 0 Å². The fourth-order valence-corrected chi connectivity index (χ4v) is 3.02. The van der Waals surface area contributed by atoms with Crippen LogP contribution in [0.5, 0.6) is 0 Å². The second-order valence-electron chi connectivity index (χ2n) is 7.26. The van der Waals surface area contributed by atoms with E-state index in [0.29, 0.717) is 37.6 Å². The summed E-state index contributed by atoms with van der Waals surface area (Å²) in [6, 6.07) is 9.14. The van der Waals surface area contributed by atoms with E-state index in [1.54, 1.807) is 23.4 Å². The van der Waals surface area contributed by atoms with Crippen LogP contribution in [0.15, 0.2) is 42.7 Å². The molecule has 2 heterocycles. The van der Waals surface area contributed by atoms with Gasteiger partial charge in [0.05, 0.1) is 18.6 Å². The Morgan fingerprint density at radius 2 is 1.93 bits per heavy atom. The molecule has 142 valence electrons. The molecule has 0 aliphatic carbocycles. The number of ether oxygens (including phenoxy) is 1. The Morgan fingerprint density at radius 3 is 2.59 bits per heavy atom. The number of pyridine rings is 1. The van der Waals surface area contributed by atoms with Crippen molar-refractivity contribution in [1.29, 1.82) is 0 Å². The van der Waals surface area contributed by atoms with E-state index >= 15 is 0 Å². The molecular formula is C21H25N3O3. The molecule has 0 bridgehead atoms. The summed E-state index contributed by atoms with van der Waals surface area (Å²) in [4.78, 5) is 31.6. The third kappa shape index (κ3) is 4.17. The van der Waals surface area contributed by atoms with Crippen molar-refractivity contribution in [3.63, 3.8) is 0 Å². The minimum atomic E-state index is -0.743. The zero-order valence-corrected chi connectivity index (χ0v) is 16.0. The normalized spacial score (nSPS) is 14.7. The first-order valence-electron chi connectivity index (χ1n) is 9.09. The molecule has 2 amide bonds. The van der Waals surface area contributed by atoms with Crippen LogP contribution in [0, 0.1) is 6.92 Å². The van der Waals surface area contributed by atoms with Gasteiger partial charge in [0.2, 0.25) is 5.91 Å². The average Bonchev–Trinajstić information content (AvgIpc) is 2.70. The van der Waals surface area contributed by atoms with Crippen molar-refractivity contribution in [3.05, 3.63) is 59.4 Å². The van der Waals surface area contributed by atoms with Crippen molar-refractivity contribution >= 4 is 17.5 Å². The molecule has 1 saturated heterocycles. The third-order valence-electron chi connectivity index (χ3n) is 4.98. The summed E-state index contributed by atoms with van der Waals surface area (Å²) < 4.78 is 5.32. The number of hydrogen-bond acceptors (Lipinski definition) is 4. The van der Waals surface area contributed by atoms with Crippen LogP contribution < -0.4 is 5.32 Å². The van der Waals surface area contributed by atoms with Crippen LogP contribution in [-0.4, -0.2) is 48.0 Å². The molecule has 1 aromatic heterocycles. The van der Waals surface area contributed by atoms with Gasteiger partial charge in [-0.3, -0.25) is 14.6 Å². The lowest BCUT2D eigenvalue weighted by molar-refractivity contribution is -0.120. The minimum Gasteiger partial charge on any atom is -0.378 e. The number of morpholine rings is 1. The number of carbonyl (C=O) groups is 2. The van der Waals surface area contributed by atoms with Gasteiger partial charge in [-0.05, 0) is 50.1 Å². The molecule has 0 unspecified atom stereocenters. The van der Waals surface area contributed by atoms with E-state index < -0.39 is 5.41 Å². The van der Waals surface area contributed by atoms with Gasteiger partial charge in [-0.25, -0.2) is 0 Å². The van der Waals surface area contributed by atoms with E-state index in [9.17, 15) is 9.59 Å². The Balaban J connectivity index is 1.79. The van der Waals surface area contributed by atoms with Gasteiger partial charge in [-0.1, -0.05) is 12.1 Å². The number of nitrogens with one attached hydrogen (secondary N) is 1. The first-order chi connectivity index (χ1) is 12.9. The largest absolute Gasteiger partial charge is 0.378 e. The van der Waals surface area contributed by atoms with E-state index in [4.69, 9.17) is 4.74 Å².